The van der Waals surface area contributed by atoms with E-state index >= 15 is 0 Å². The largest absolute Gasteiger partial charge is 0.462 e. The number of sulfonamides is 1. The Morgan fingerprint density at radius 2 is 1.77 bits per heavy atom. The van der Waals surface area contributed by atoms with E-state index < -0.39 is 33.8 Å². The minimum atomic E-state index is -4.10. The number of amides is 2. The predicted molar refractivity (Wildman–Crippen MR) is 110 cm³/mol. The van der Waals surface area contributed by atoms with E-state index in [1.54, 1.807) is 6.07 Å². The van der Waals surface area contributed by atoms with Gasteiger partial charge in [-0.1, -0.05) is 25.5 Å². The average molecular weight is 430 g/mol. The molecular weight excluding hydrogens is 408 g/mol. The van der Waals surface area contributed by atoms with Gasteiger partial charge in [-0.3, -0.25) is 9.59 Å². The number of unbranched alkanes of at least 4 members (excludes halogenated alkanes) is 1. The quantitative estimate of drug-likeness (QED) is 0.534. The van der Waals surface area contributed by atoms with E-state index in [1.165, 1.54) is 49.4 Å². The highest BCUT2D eigenvalue weighted by atomic mass is 32.2. The van der Waals surface area contributed by atoms with Crippen molar-refractivity contribution in [3.8, 4) is 0 Å². The molecule has 1 heterocycles. The molecule has 0 aromatic heterocycles. The molecule has 9 heteroatoms. The van der Waals surface area contributed by atoms with E-state index in [-0.39, 0.29) is 10.5 Å². The third-order valence-corrected chi connectivity index (χ3v) is 6.62. The van der Waals surface area contributed by atoms with Crippen molar-refractivity contribution >= 4 is 33.5 Å². The van der Waals surface area contributed by atoms with Gasteiger partial charge in [-0.05, 0) is 49.7 Å². The Labute approximate surface area is 174 Å². The van der Waals surface area contributed by atoms with Gasteiger partial charge in [0, 0.05) is 5.69 Å². The summed E-state index contributed by atoms with van der Waals surface area (Å²) in [4.78, 5) is 37.0. The molecule has 30 heavy (non-hydrogen) atoms. The van der Waals surface area contributed by atoms with Crippen LogP contribution in [0.2, 0.25) is 0 Å². The minimum Gasteiger partial charge on any atom is -0.462 e. The molecule has 158 valence electrons. The smallest absolute Gasteiger partial charge is 0.338 e. The maximum atomic E-state index is 12.7. The van der Waals surface area contributed by atoms with Crippen LogP contribution in [0.15, 0.2) is 53.4 Å². The lowest BCUT2D eigenvalue weighted by Gasteiger charge is -2.22. The SMILES string of the molecule is CCCCOC(=O)c1ccc(NC(=O)C(C)N2C(=O)c3ccccc3S2(=O)=O)cc1. The fraction of sp³-hybridized carbons (Fsp3) is 0.286. The van der Waals surface area contributed by atoms with Crippen molar-refractivity contribution in [2.75, 3.05) is 11.9 Å². The van der Waals surface area contributed by atoms with Crippen LogP contribution in [0.4, 0.5) is 5.69 Å². The Balaban J connectivity index is 1.69. The Bertz CT molecular complexity index is 1080. The summed E-state index contributed by atoms with van der Waals surface area (Å²) in [5.74, 6) is -1.86. The Morgan fingerprint density at radius 1 is 1.10 bits per heavy atom. The molecule has 0 bridgehead atoms. The second-order valence-corrected chi connectivity index (χ2v) is 8.62. The summed E-state index contributed by atoms with van der Waals surface area (Å²) in [6.07, 6.45) is 1.69. The lowest BCUT2D eigenvalue weighted by atomic mass is 10.2. The average Bonchev–Trinajstić information content (AvgIpc) is 2.94. The molecule has 0 saturated heterocycles. The van der Waals surface area contributed by atoms with Gasteiger partial charge < -0.3 is 10.1 Å². The molecule has 1 aliphatic heterocycles. The van der Waals surface area contributed by atoms with Crippen molar-refractivity contribution < 1.29 is 27.5 Å². The lowest BCUT2D eigenvalue weighted by molar-refractivity contribution is -0.118. The van der Waals surface area contributed by atoms with Gasteiger partial charge in [-0.15, -0.1) is 0 Å². The third kappa shape index (κ3) is 4.06. The first-order valence-corrected chi connectivity index (χ1v) is 11.0. The molecular formula is C21H22N2O6S. The topological polar surface area (TPSA) is 110 Å². The number of rotatable bonds is 7. The highest BCUT2D eigenvalue weighted by molar-refractivity contribution is 7.90. The second-order valence-electron chi connectivity index (χ2n) is 6.83. The molecule has 3 rings (SSSR count). The maximum Gasteiger partial charge on any atom is 0.338 e. The first-order chi connectivity index (χ1) is 14.3. The van der Waals surface area contributed by atoms with Crippen LogP contribution in [0, 0.1) is 0 Å². The summed E-state index contributed by atoms with van der Waals surface area (Å²) >= 11 is 0. The zero-order valence-electron chi connectivity index (χ0n) is 16.6. The number of hydrogen-bond donors (Lipinski definition) is 1. The van der Waals surface area contributed by atoms with Crippen molar-refractivity contribution in [2.24, 2.45) is 0 Å². The van der Waals surface area contributed by atoms with Crippen LogP contribution in [-0.2, 0) is 19.6 Å². The third-order valence-electron chi connectivity index (χ3n) is 4.70. The van der Waals surface area contributed by atoms with Crippen molar-refractivity contribution in [1.29, 1.82) is 0 Å². The van der Waals surface area contributed by atoms with Crippen LogP contribution in [-0.4, -0.2) is 43.2 Å². The fourth-order valence-electron chi connectivity index (χ4n) is 3.02. The van der Waals surface area contributed by atoms with Crippen LogP contribution in [0.3, 0.4) is 0 Å². The summed E-state index contributed by atoms with van der Waals surface area (Å²) in [6, 6.07) is 10.6. The highest BCUT2D eigenvalue weighted by Gasteiger charge is 2.45. The van der Waals surface area contributed by atoms with E-state index in [1.807, 2.05) is 6.92 Å². The van der Waals surface area contributed by atoms with Crippen molar-refractivity contribution in [3.63, 3.8) is 0 Å². The zero-order chi connectivity index (χ0) is 21.9. The van der Waals surface area contributed by atoms with E-state index in [2.05, 4.69) is 5.32 Å². The number of hydrogen-bond acceptors (Lipinski definition) is 6. The molecule has 0 spiro atoms. The standard InChI is InChI=1S/C21H22N2O6S/c1-3-4-13-29-21(26)15-9-11-16(12-10-15)22-19(24)14(2)23-20(25)17-7-5-6-8-18(17)30(23,27)28/h5-12,14H,3-4,13H2,1-2H3,(H,22,24). The number of nitrogens with one attached hydrogen (secondary N) is 1. The second kappa shape index (κ2) is 8.66. The van der Waals surface area contributed by atoms with Gasteiger partial charge in [-0.25, -0.2) is 17.5 Å². The summed E-state index contributed by atoms with van der Waals surface area (Å²) in [7, 11) is -4.10. The zero-order valence-corrected chi connectivity index (χ0v) is 17.4. The Hall–Kier alpha value is -3.20. The number of benzene rings is 2. The van der Waals surface area contributed by atoms with Crippen molar-refractivity contribution in [1.82, 2.24) is 4.31 Å². The number of carbonyl (C=O) groups is 3. The van der Waals surface area contributed by atoms with E-state index in [0.29, 0.717) is 22.2 Å². The van der Waals surface area contributed by atoms with E-state index in [9.17, 15) is 22.8 Å². The summed E-state index contributed by atoms with van der Waals surface area (Å²) < 4.78 is 31.1. The van der Waals surface area contributed by atoms with Gasteiger partial charge in [0.1, 0.15) is 10.9 Å². The number of carbonyl (C=O) groups excluding carboxylic acids is 3. The number of nitrogens with zero attached hydrogens (tertiary/aromatic N) is 1. The molecule has 2 aromatic carbocycles. The monoisotopic (exact) mass is 430 g/mol. The molecule has 0 aliphatic carbocycles. The van der Waals surface area contributed by atoms with Crippen LogP contribution in [0.25, 0.3) is 0 Å². The maximum absolute atomic E-state index is 12.7. The van der Waals surface area contributed by atoms with E-state index in [0.717, 1.165) is 12.8 Å². The summed E-state index contributed by atoms with van der Waals surface area (Å²) in [5, 5.41) is 2.57. The molecule has 0 fully saturated rings. The number of ether oxygens (including phenoxy) is 1. The normalized spacial score (nSPS) is 15.4. The molecule has 2 amide bonds. The number of esters is 1. The predicted octanol–water partition coefficient (Wildman–Crippen LogP) is 2.82. The Morgan fingerprint density at radius 3 is 2.40 bits per heavy atom. The van der Waals surface area contributed by atoms with Crippen LogP contribution >= 0.6 is 0 Å². The minimum absolute atomic E-state index is 0.0445. The lowest BCUT2D eigenvalue weighted by Crippen LogP contribution is -2.45. The Kier molecular flexibility index (Phi) is 6.21. The van der Waals surface area contributed by atoms with Crippen LogP contribution in [0.5, 0.6) is 0 Å². The van der Waals surface area contributed by atoms with Gasteiger partial charge >= 0.3 is 5.97 Å². The molecule has 1 atom stereocenters. The fourth-order valence-corrected chi connectivity index (χ4v) is 4.75. The van der Waals surface area contributed by atoms with Crippen molar-refractivity contribution in [2.45, 2.75) is 37.6 Å². The number of anilines is 1. The summed E-state index contributed by atoms with van der Waals surface area (Å²) in [5.41, 5.74) is 0.742. The van der Waals surface area contributed by atoms with Gasteiger partial charge in [-0.2, -0.15) is 0 Å². The molecule has 1 unspecified atom stereocenters. The highest BCUT2D eigenvalue weighted by Crippen LogP contribution is 2.31. The molecule has 1 N–H and O–H groups in total. The summed E-state index contributed by atoms with van der Waals surface area (Å²) in [6.45, 7) is 3.67. The molecule has 0 saturated carbocycles. The molecule has 1 aliphatic rings. The van der Waals surface area contributed by atoms with E-state index in [4.69, 9.17) is 4.74 Å². The molecule has 8 nitrogen and oxygen atoms in total. The number of fused-ring (bicyclic) bond motifs is 1. The van der Waals surface area contributed by atoms with Gasteiger partial charge in [0.15, 0.2) is 0 Å². The molecule has 2 aromatic rings. The van der Waals surface area contributed by atoms with Crippen LogP contribution < -0.4 is 5.32 Å². The van der Waals surface area contributed by atoms with Gasteiger partial charge in [0.2, 0.25) is 5.91 Å². The van der Waals surface area contributed by atoms with Gasteiger partial charge in [0.05, 0.1) is 17.7 Å². The van der Waals surface area contributed by atoms with Gasteiger partial charge in [0.25, 0.3) is 15.9 Å². The molecule has 0 radical (unpaired) electrons. The first-order valence-electron chi connectivity index (χ1n) is 9.53. The van der Waals surface area contributed by atoms with Crippen LogP contribution in [0.1, 0.15) is 47.4 Å². The first kappa shape index (κ1) is 21.5. The van der Waals surface area contributed by atoms with Crippen molar-refractivity contribution in [3.05, 3.63) is 59.7 Å².